The third kappa shape index (κ3) is 4.86. The highest BCUT2D eigenvalue weighted by Gasteiger charge is 2.31. The zero-order chi connectivity index (χ0) is 23.0. The van der Waals surface area contributed by atoms with Crippen molar-refractivity contribution in [1.82, 2.24) is 9.21 Å². The largest absolute Gasteiger partial charge is 0.336 e. The van der Waals surface area contributed by atoms with E-state index >= 15 is 0 Å². The second-order valence-electron chi connectivity index (χ2n) is 7.53. The van der Waals surface area contributed by atoms with Gasteiger partial charge < -0.3 is 4.90 Å². The molecule has 0 bridgehead atoms. The number of rotatable bonds is 5. The van der Waals surface area contributed by atoms with E-state index in [9.17, 15) is 26.4 Å². The minimum Gasteiger partial charge on any atom is -0.336 e. The Bertz CT molecular complexity index is 1230. The molecule has 0 radical (unpaired) electrons. The average molecular weight is 465 g/mol. The van der Waals surface area contributed by atoms with Gasteiger partial charge in [0.1, 0.15) is 0 Å². The third-order valence-corrected chi connectivity index (χ3v) is 8.41. The van der Waals surface area contributed by atoms with Crippen LogP contribution in [0, 0.1) is 6.92 Å². The standard InChI is InChI=1S/C21H24N2O6S2/c1-15-4-5-18(14-20(15)30(3,26)27)21(25)22-10-12-23(13-11-22)31(28,29)19-8-6-17(7-9-19)16(2)24/h4-9,14H,10-13H2,1-3H3. The summed E-state index contributed by atoms with van der Waals surface area (Å²) in [5, 5.41) is 0. The number of nitrogens with zero attached hydrogens (tertiary/aromatic N) is 2. The monoisotopic (exact) mass is 464 g/mol. The van der Waals surface area contributed by atoms with Crippen LogP contribution in [0.1, 0.15) is 33.2 Å². The Labute approximate surface area is 182 Å². The Balaban J connectivity index is 1.73. The fourth-order valence-electron chi connectivity index (χ4n) is 3.46. The quantitative estimate of drug-likeness (QED) is 0.624. The molecule has 10 heteroatoms. The molecule has 0 atom stereocenters. The molecule has 2 aromatic carbocycles. The van der Waals surface area contributed by atoms with Gasteiger partial charge in [-0.25, -0.2) is 16.8 Å². The normalized spacial score (nSPS) is 15.6. The molecule has 1 saturated heterocycles. The number of sulfonamides is 1. The van der Waals surface area contributed by atoms with E-state index in [1.807, 2.05) is 0 Å². The molecule has 0 saturated carbocycles. The number of hydrogen-bond acceptors (Lipinski definition) is 6. The molecule has 2 aromatic rings. The van der Waals surface area contributed by atoms with Crippen molar-refractivity contribution in [2.75, 3.05) is 32.4 Å². The van der Waals surface area contributed by atoms with Crippen LogP contribution in [0.15, 0.2) is 52.3 Å². The molecule has 1 amide bonds. The van der Waals surface area contributed by atoms with Crippen LogP contribution in [0.3, 0.4) is 0 Å². The van der Waals surface area contributed by atoms with Crippen molar-refractivity contribution in [3.8, 4) is 0 Å². The van der Waals surface area contributed by atoms with Crippen LogP contribution in [0.5, 0.6) is 0 Å². The first kappa shape index (κ1) is 23.1. The third-order valence-electron chi connectivity index (χ3n) is 5.26. The summed E-state index contributed by atoms with van der Waals surface area (Å²) in [6, 6.07) is 10.3. The molecule has 0 spiro atoms. The van der Waals surface area contributed by atoms with Crippen LogP contribution in [0.25, 0.3) is 0 Å². The summed E-state index contributed by atoms with van der Waals surface area (Å²) in [7, 11) is -7.21. The fourth-order valence-corrected chi connectivity index (χ4v) is 5.87. The summed E-state index contributed by atoms with van der Waals surface area (Å²) in [5.74, 6) is -0.487. The first-order chi connectivity index (χ1) is 14.4. The van der Waals surface area contributed by atoms with E-state index in [1.165, 1.54) is 46.5 Å². The van der Waals surface area contributed by atoms with Crippen molar-refractivity contribution in [2.45, 2.75) is 23.6 Å². The molecule has 0 N–H and O–H groups in total. The van der Waals surface area contributed by atoms with Gasteiger partial charge in [-0.3, -0.25) is 9.59 Å². The number of carbonyl (C=O) groups is 2. The summed E-state index contributed by atoms with van der Waals surface area (Å²) in [5.41, 5.74) is 1.24. The Morgan fingerprint density at radius 1 is 0.839 bits per heavy atom. The van der Waals surface area contributed by atoms with Crippen molar-refractivity contribution in [3.63, 3.8) is 0 Å². The summed E-state index contributed by atoms with van der Waals surface area (Å²) in [6.07, 6.45) is 1.09. The number of hydrogen-bond donors (Lipinski definition) is 0. The Kier molecular flexibility index (Phi) is 6.35. The van der Waals surface area contributed by atoms with Gasteiger partial charge in [-0.05, 0) is 43.7 Å². The zero-order valence-electron chi connectivity index (χ0n) is 17.5. The van der Waals surface area contributed by atoms with Crippen LogP contribution >= 0.6 is 0 Å². The van der Waals surface area contributed by atoms with Gasteiger partial charge >= 0.3 is 0 Å². The summed E-state index contributed by atoms with van der Waals surface area (Å²) < 4.78 is 50.9. The molecule has 0 aromatic heterocycles. The van der Waals surface area contributed by atoms with Gasteiger partial charge in [-0.1, -0.05) is 18.2 Å². The van der Waals surface area contributed by atoms with Gasteiger partial charge in [-0.2, -0.15) is 4.31 Å². The van der Waals surface area contributed by atoms with Crippen LogP contribution in [-0.4, -0.2) is 70.2 Å². The highest BCUT2D eigenvalue weighted by molar-refractivity contribution is 7.90. The molecule has 0 unspecified atom stereocenters. The van der Waals surface area contributed by atoms with Gasteiger partial charge in [0.05, 0.1) is 9.79 Å². The predicted octanol–water partition coefficient (Wildman–Crippen LogP) is 1.75. The lowest BCUT2D eigenvalue weighted by molar-refractivity contribution is 0.0697. The van der Waals surface area contributed by atoms with Crippen LogP contribution < -0.4 is 0 Å². The molecule has 1 aliphatic heterocycles. The lowest BCUT2D eigenvalue weighted by Gasteiger charge is -2.34. The Morgan fingerprint density at radius 3 is 1.90 bits per heavy atom. The molecule has 1 fully saturated rings. The molecule has 1 heterocycles. The zero-order valence-corrected chi connectivity index (χ0v) is 19.2. The van der Waals surface area contributed by atoms with Crippen molar-refractivity contribution < 1.29 is 26.4 Å². The molecule has 8 nitrogen and oxygen atoms in total. The van der Waals surface area contributed by atoms with Gasteiger partial charge in [-0.15, -0.1) is 0 Å². The highest BCUT2D eigenvalue weighted by atomic mass is 32.2. The van der Waals surface area contributed by atoms with Crippen LogP contribution in [0.2, 0.25) is 0 Å². The predicted molar refractivity (Wildman–Crippen MR) is 115 cm³/mol. The maximum Gasteiger partial charge on any atom is 0.253 e. The van der Waals surface area contributed by atoms with Gasteiger partial charge in [0.15, 0.2) is 15.6 Å². The topological polar surface area (TPSA) is 109 Å². The minimum absolute atomic E-state index is 0.0913. The van der Waals surface area contributed by atoms with Crippen molar-refractivity contribution >= 4 is 31.6 Å². The minimum atomic E-state index is -3.75. The lowest BCUT2D eigenvalue weighted by atomic mass is 10.1. The van der Waals surface area contributed by atoms with E-state index in [1.54, 1.807) is 19.1 Å². The number of sulfone groups is 1. The fraction of sp³-hybridized carbons (Fsp3) is 0.333. The molecular formula is C21H24N2O6S2. The van der Waals surface area contributed by atoms with E-state index in [-0.39, 0.29) is 53.2 Å². The van der Waals surface area contributed by atoms with E-state index in [0.29, 0.717) is 11.1 Å². The number of benzene rings is 2. The van der Waals surface area contributed by atoms with Crippen LogP contribution in [0.4, 0.5) is 0 Å². The van der Waals surface area contributed by atoms with Crippen LogP contribution in [-0.2, 0) is 19.9 Å². The molecule has 0 aliphatic carbocycles. The number of Topliss-reactive ketones (excluding diaryl/α,β-unsaturated/α-hetero) is 1. The highest BCUT2D eigenvalue weighted by Crippen LogP contribution is 2.21. The first-order valence-corrected chi connectivity index (χ1v) is 13.0. The first-order valence-electron chi connectivity index (χ1n) is 9.62. The number of ketones is 1. The SMILES string of the molecule is CC(=O)c1ccc(S(=O)(=O)N2CCN(C(=O)c3ccc(C)c(S(C)(=O)=O)c3)CC2)cc1. The van der Waals surface area contributed by atoms with E-state index in [2.05, 4.69) is 0 Å². The molecular weight excluding hydrogens is 440 g/mol. The van der Waals surface area contributed by atoms with E-state index in [4.69, 9.17) is 0 Å². The van der Waals surface area contributed by atoms with E-state index < -0.39 is 19.9 Å². The number of piperazine rings is 1. The number of aryl methyl sites for hydroxylation is 1. The van der Waals surface area contributed by atoms with Crippen molar-refractivity contribution in [1.29, 1.82) is 0 Å². The van der Waals surface area contributed by atoms with Gasteiger partial charge in [0, 0.05) is 43.6 Å². The Morgan fingerprint density at radius 2 is 1.39 bits per heavy atom. The maximum absolute atomic E-state index is 12.9. The molecule has 1 aliphatic rings. The molecule has 31 heavy (non-hydrogen) atoms. The number of amides is 1. The van der Waals surface area contributed by atoms with E-state index in [0.717, 1.165) is 6.26 Å². The summed E-state index contributed by atoms with van der Waals surface area (Å²) >= 11 is 0. The molecule has 166 valence electrons. The summed E-state index contributed by atoms with van der Waals surface area (Å²) in [4.78, 5) is 25.9. The van der Waals surface area contributed by atoms with Gasteiger partial charge in [0.2, 0.25) is 10.0 Å². The van der Waals surface area contributed by atoms with Gasteiger partial charge in [0.25, 0.3) is 5.91 Å². The second kappa shape index (κ2) is 8.52. The average Bonchev–Trinajstić information content (AvgIpc) is 2.73. The lowest BCUT2D eigenvalue weighted by Crippen LogP contribution is -2.50. The molecule has 3 rings (SSSR count). The second-order valence-corrected chi connectivity index (χ2v) is 11.5. The number of carbonyl (C=O) groups excluding carboxylic acids is 2. The Hall–Kier alpha value is -2.56. The van der Waals surface area contributed by atoms with Crippen molar-refractivity contribution in [2.24, 2.45) is 0 Å². The summed E-state index contributed by atoms with van der Waals surface area (Å²) in [6.45, 7) is 3.68. The maximum atomic E-state index is 12.9. The van der Waals surface area contributed by atoms with Crippen molar-refractivity contribution in [3.05, 3.63) is 59.2 Å². The smallest absolute Gasteiger partial charge is 0.253 e.